The van der Waals surface area contributed by atoms with Crippen LogP contribution in [0.25, 0.3) is 0 Å². The van der Waals surface area contributed by atoms with Gasteiger partial charge in [0.15, 0.2) is 0 Å². The summed E-state index contributed by atoms with van der Waals surface area (Å²) in [6.07, 6.45) is 0. The molecule has 0 fully saturated rings. The summed E-state index contributed by atoms with van der Waals surface area (Å²) in [6, 6.07) is 0. The van der Waals surface area contributed by atoms with Crippen molar-refractivity contribution in [3.8, 4) is 0 Å². The quantitative estimate of drug-likeness (QED) is 0.654. The molecule has 0 aliphatic heterocycles. The van der Waals surface area contributed by atoms with E-state index in [4.69, 9.17) is 9.84 Å². The normalized spacial score (nSPS) is 13.0. The third-order valence-electron chi connectivity index (χ3n) is 0.893. The van der Waals surface area contributed by atoms with Crippen molar-refractivity contribution in [1.29, 1.82) is 0 Å². The Balaban J connectivity index is 3.21. The van der Waals surface area contributed by atoms with Crippen LogP contribution in [0.1, 0.15) is 6.92 Å². The SMILES string of the molecule is COCC(C)SCC(=O)O. The Labute approximate surface area is 64.8 Å². The number of methoxy groups -OCH3 is 1. The van der Waals surface area contributed by atoms with E-state index < -0.39 is 5.97 Å². The van der Waals surface area contributed by atoms with Crippen LogP contribution in [-0.2, 0) is 9.53 Å². The van der Waals surface area contributed by atoms with Crippen LogP contribution in [0.2, 0.25) is 0 Å². The lowest BCUT2D eigenvalue weighted by molar-refractivity contribution is -0.133. The lowest BCUT2D eigenvalue weighted by Crippen LogP contribution is -2.09. The van der Waals surface area contributed by atoms with Gasteiger partial charge in [0.05, 0.1) is 12.4 Å². The highest BCUT2D eigenvalue weighted by atomic mass is 32.2. The molecule has 0 aliphatic rings. The highest BCUT2D eigenvalue weighted by Gasteiger charge is 2.03. The van der Waals surface area contributed by atoms with E-state index in [1.54, 1.807) is 7.11 Å². The van der Waals surface area contributed by atoms with Crippen molar-refractivity contribution in [3.05, 3.63) is 0 Å². The Bertz CT molecular complexity index is 105. The van der Waals surface area contributed by atoms with Crippen molar-refractivity contribution in [3.63, 3.8) is 0 Å². The predicted molar refractivity (Wildman–Crippen MR) is 41.4 cm³/mol. The number of aliphatic carboxylic acids is 1. The van der Waals surface area contributed by atoms with Gasteiger partial charge in [-0.3, -0.25) is 4.79 Å². The second-order valence-corrected chi connectivity index (χ2v) is 3.40. The molecule has 0 aliphatic carbocycles. The summed E-state index contributed by atoms with van der Waals surface area (Å²) in [6.45, 7) is 2.55. The van der Waals surface area contributed by atoms with Crippen molar-refractivity contribution >= 4 is 17.7 Å². The van der Waals surface area contributed by atoms with Gasteiger partial charge in [-0.2, -0.15) is 0 Å². The fourth-order valence-electron chi connectivity index (χ4n) is 0.496. The van der Waals surface area contributed by atoms with Crippen LogP contribution in [0, 0.1) is 0 Å². The van der Waals surface area contributed by atoms with E-state index in [1.807, 2.05) is 6.92 Å². The number of rotatable bonds is 5. The van der Waals surface area contributed by atoms with Gasteiger partial charge in [0.1, 0.15) is 0 Å². The summed E-state index contributed by atoms with van der Waals surface area (Å²) in [4.78, 5) is 10.0. The summed E-state index contributed by atoms with van der Waals surface area (Å²) in [5.41, 5.74) is 0. The largest absolute Gasteiger partial charge is 0.481 e. The minimum absolute atomic E-state index is 0.157. The standard InChI is InChI=1S/C6H12O3S/c1-5(3-9-2)10-4-6(7)8/h5H,3-4H2,1-2H3,(H,7,8). The maximum Gasteiger partial charge on any atom is 0.313 e. The molecule has 4 heteroatoms. The van der Waals surface area contributed by atoms with E-state index in [2.05, 4.69) is 0 Å². The van der Waals surface area contributed by atoms with Gasteiger partial charge in [0, 0.05) is 12.4 Å². The Kier molecular flexibility index (Phi) is 5.43. The van der Waals surface area contributed by atoms with Crippen molar-refractivity contribution < 1.29 is 14.6 Å². The zero-order valence-electron chi connectivity index (χ0n) is 6.16. The number of hydrogen-bond donors (Lipinski definition) is 1. The molecule has 0 amide bonds. The van der Waals surface area contributed by atoms with Crippen LogP contribution in [0.4, 0.5) is 0 Å². The van der Waals surface area contributed by atoms with Crippen LogP contribution < -0.4 is 0 Å². The zero-order valence-corrected chi connectivity index (χ0v) is 6.98. The molecule has 1 unspecified atom stereocenters. The summed E-state index contributed by atoms with van der Waals surface area (Å²) in [5, 5.41) is 8.53. The Morgan fingerprint density at radius 2 is 2.40 bits per heavy atom. The molecule has 1 atom stereocenters. The molecule has 0 aromatic heterocycles. The average Bonchev–Trinajstić information content (AvgIpc) is 1.85. The van der Waals surface area contributed by atoms with Crippen molar-refractivity contribution in [2.75, 3.05) is 19.5 Å². The second-order valence-electron chi connectivity index (χ2n) is 1.97. The van der Waals surface area contributed by atoms with Gasteiger partial charge in [-0.1, -0.05) is 6.92 Å². The lowest BCUT2D eigenvalue weighted by atomic mass is 10.5. The third kappa shape index (κ3) is 5.91. The molecular formula is C6H12O3S. The zero-order chi connectivity index (χ0) is 7.98. The van der Waals surface area contributed by atoms with Gasteiger partial charge in [0.2, 0.25) is 0 Å². The van der Waals surface area contributed by atoms with Crippen LogP contribution in [0.3, 0.4) is 0 Å². The number of carbonyl (C=O) groups is 1. The summed E-state index contributed by atoms with van der Waals surface area (Å²) < 4.78 is 4.82. The Morgan fingerprint density at radius 1 is 1.80 bits per heavy atom. The number of hydrogen-bond acceptors (Lipinski definition) is 3. The van der Waals surface area contributed by atoms with Gasteiger partial charge in [-0.05, 0) is 0 Å². The van der Waals surface area contributed by atoms with Crippen molar-refractivity contribution in [1.82, 2.24) is 0 Å². The summed E-state index contributed by atoms with van der Waals surface area (Å²) in [5.74, 6) is -0.613. The van der Waals surface area contributed by atoms with E-state index in [9.17, 15) is 4.79 Å². The van der Waals surface area contributed by atoms with Crippen LogP contribution >= 0.6 is 11.8 Å². The molecule has 10 heavy (non-hydrogen) atoms. The molecule has 0 radical (unpaired) electrons. The predicted octanol–water partition coefficient (Wildman–Crippen LogP) is 0.839. The van der Waals surface area contributed by atoms with E-state index in [-0.39, 0.29) is 11.0 Å². The monoisotopic (exact) mass is 164 g/mol. The Hall–Kier alpha value is -0.220. The maximum atomic E-state index is 10.0. The highest BCUT2D eigenvalue weighted by molar-refractivity contribution is 8.00. The van der Waals surface area contributed by atoms with E-state index in [1.165, 1.54) is 11.8 Å². The molecule has 0 saturated carbocycles. The maximum absolute atomic E-state index is 10.0. The fourth-order valence-corrected chi connectivity index (χ4v) is 1.16. The van der Waals surface area contributed by atoms with E-state index in [0.29, 0.717) is 6.61 Å². The smallest absolute Gasteiger partial charge is 0.313 e. The van der Waals surface area contributed by atoms with Gasteiger partial charge < -0.3 is 9.84 Å². The van der Waals surface area contributed by atoms with E-state index >= 15 is 0 Å². The van der Waals surface area contributed by atoms with Crippen molar-refractivity contribution in [2.24, 2.45) is 0 Å². The minimum atomic E-state index is -0.770. The van der Waals surface area contributed by atoms with Gasteiger partial charge >= 0.3 is 5.97 Å². The van der Waals surface area contributed by atoms with Gasteiger partial charge in [-0.25, -0.2) is 0 Å². The second kappa shape index (κ2) is 5.56. The first-order valence-electron chi connectivity index (χ1n) is 2.99. The molecule has 1 N–H and O–H groups in total. The third-order valence-corrected chi connectivity index (χ3v) is 2.01. The molecule has 0 saturated heterocycles. The number of carboxylic acid groups (broad SMARTS) is 1. The van der Waals surface area contributed by atoms with Gasteiger partial charge in [0.25, 0.3) is 0 Å². The molecule has 0 rings (SSSR count). The van der Waals surface area contributed by atoms with Crippen molar-refractivity contribution in [2.45, 2.75) is 12.2 Å². The molecule has 0 heterocycles. The van der Waals surface area contributed by atoms with Crippen LogP contribution in [0.5, 0.6) is 0 Å². The minimum Gasteiger partial charge on any atom is -0.481 e. The first kappa shape index (κ1) is 9.78. The van der Waals surface area contributed by atoms with Gasteiger partial charge in [-0.15, -0.1) is 11.8 Å². The molecule has 0 bridgehead atoms. The number of carboxylic acids is 1. The lowest BCUT2D eigenvalue weighted by Gasteiger charge is -2.06. The first-order valence-corrected chi connectivity index (χ1v) is 4.04. The topological polar surface area (TPSA) is 46.5 Å². The first-order chi connectivity index (χ1) is 4.66. The highest BCUT2D eigenvalue weighted by Crippen LogP contribution is 2.09. The molecule has 0 aromatic carbocycles. The van der Waals surface area contributed by atoms with Crippen LogP contribution in [-0.4, -0.2) is 35.8 Å². The van der Waals surface area contributed by atoms with E-state index in [0.717, 1.165) is 0 Å². The number of ether oxygens (including phenoxy) is 1. The average molecular weight is 164 g/mol. The molecule has 60 valence electrons. The van der Waals surface area contributed by atoms with Crippen LogP contribution in [0.15, 0.2) is 0 Å². The molecule has 0 spiro atoms. The summed E-state index contributed by atoms with van der Waals surface area (Å²) >= 11 is 1.38. The number of thioether (sulfide) groups is 1. The Morgan fingerprint density at radius 3 is 2.80 bits per heavy atom. The molecule has 0 aromatic rings. The molecular weight excluding hydrogens is 152 g/mol. The summed E-state index contributed by atoms with van der Waals surface area (Å²) in [7, 11) is 1.61. The molecule has 3 nitrogen and oxygen atoms in total. The fraction of sp³-hybridized carbons (Fsp3) is 0.833.